The van der Waals surface area contributed by atoms with Gasteiger partial charge in [0, 0.05) is 18.8 Å². The van der Waals surface area contributed by atoms with E-state index < -0.39 is 9.84 Å². The molecule has 1 aromatic heterocycles. The third-order valence-electron chi connectivity index (χ3n) is 2.11. The molecule has 0 aromatic carbocycles. The van der Waals surface area contributed by atoms with Gasteiger partial charge in [0.2, 0.25) is 0 Å². The molecule has 0 saturated carbocycles. The zero-order valence-electron chi connectivity index (χ0n) is 9.11. The van der Waals surface area contributed by atoms with Crippen LogP contribution in [0.25, 0.3) is 0 Å². The lowest BCUT2D eigenvalue weighted by atomic mass is 10.3. The minimum absolute atomic E-state index is 0.178. The highest BCUT2D eigenvalue weighted by atomic mass is 79.9. The van der Waals surface area contributed by atoms with Crippen LogP contribution < -0.4 is 5.32 Å². The van der Waals surface area contributed by atoms with Gasteiger partial charge in [0.15, 0.2) is 9.84 Å². The zero-order valence-corrected chi connectivity index (χ0v) is 11.5. The number of hydrogen-bond acceptors (Lipinski definition) is 4. The average molecular weight is 307 g/mol. The Morgan fingerprint density at radius 2 is 2.19 bits per heavy atom. The van der Waals surface area contributed by atoms with E-state index in [1.165, 1.54) is 0 Å². The standard InChI is InChI=1S/C10H15BrN2O2S/c1-2-16(14,15)7-6-12-8-9-4-3-5-10(11)13-9/h3-5,12H,2,6-8H2,1H3. The summed E-state index contributed by atoms with van der Waals surface area (Å²) in [6, 6.07) is 5.65. The van der Waals surface area contributed by atoms with Crippen molar-refractivity contribution < 1.29 is 8.42 Å². The summed E-state index contributed by atoms with van der Waals surface area (Å²) in [5.41, 5.74) is 0.892. The minimum Gasteiger partial charge on any atom is -0.310 e. The molecular formula is C10H15BrN2O2S. The van der Waals surface area contributed by atoms with Gasteiger partial charge in [0.25, 0.3) is 0 Å². The summed E-state index contributed by atoms with van der Waals surface area (Å²) in [6.07, 6.45) is 0. The van der Waals surface area contributed by atoms with Crippen LogP contribution in [0.5, 0.6) is 0 Å². The number of aromatic nitrogens is 1. The van der Waals surface area contributed by atoms with Crippen molar-refractivity contribution in [3.8, 4) is 0 Å². The summed E-state index contributed by atoms with van der Waals surface area (Å²) in [6.45, 7) is 2.70. The first kappa shape index (κ1) is 13.6. The lowest BCUT2D eigenvalue weighted by Gasteiger charge is -2.04. The van der Waals surface area contributed by atoms with Gasteiger partial charge in [0.05, 0.1) is 11.4 Å². The first-order valence-electron chi connectivity index (χ1n) is 5.06. The van der Waals surface area contributed by atoms with E-state index in [4.69, 9.17) is 0 Å². The summed E-state index contributed by atoms with van der Waals surface area (Å²) in [4.78, 5) is 4.23. The first-order valence-corrected chi connectivity index (χ1v) is 7.67. The number of nitrogens with one attached hydrogen (secondary N) is 1. The smallest absolute Gasteiger partial charge is 0.151 e. The fourth-order valence-electron chi connectivity index (χ4n) is 1.14. The number of halogens is 1. The van der Waals surface area contributed by atoms with Crippen molar-refractivity contribution in [2.45, 2.75) is 13.5 Å². The SMILES string of the molecule is CCS(=O)(=O)CCNCc1cccc(Br)n1. The highest BCUT2D eigenvalue weighted by Crippen LogP contribution is 2.05. The predicted octanol–water partition coefficient (Wildman–Crippen LogP) is 1.37. The topological polar surface area (TPSA) is 59.1 Å². The van der Waals surface area contributed by atoms with Crippen LogP contribution in [0.15, 0.2) is 22.8 Å². The molecule has 90 valence electrons. The molecule has 0 bridgehead atoms. The zero-order chi connectivity index (χ0) is 12.0. The second kappa shape index (κ2) is 6.32. The van der Waals surface area contributed by atoms with Crippen LogP contribution in [0.1, 0.15) is 12.6 Å². The molecule has 1 rings (SSSR count). The molecule has 0 amide bonds. The van der Waals surface area contributed by atoms with Crippen molar-refractivity contribution in [1.29, 1.82) is 0 Å². The van der Waals surface area contributed by atoms with Crippen molar-refractivity contribution in [2.75, 3.05) is 18.1 Å². The van der Waals surface area contributed by atoms with Gasteiger partial charge in [-0.25, -0.2) is 13.4 Å². The molecule has 16 heavy (non-hydrogen) atoms. The summed E-state index contributed by atoms with van der Waals surface area (Å²) in [7, 11) is -2.87. The summed E-state index contributed by atoms with van der Waals surface area (Å²) >= 11 is 3.28. The van der Waals surface area contributed by atoms with E-state index in [1.54, 1.807) is 6.92 Å². The molecule has 4 nitrogen and oxygen atoms in total. The second-order valence-corrected chi connectivity index (χ2v) is 6.65. The second-order valence-electron chi connectivity index (χ2n) is 3.36. The quantitative estimate of drug-likeness (QED) is 0.637. The van der Waals surface area contributed by atoms with E-state index >= 15 is 0 Å². The van der Waals surface area contributed by atoms with Crippen molar-refractivity contribution in [3.63, 3.8) is 0 Å². The van der Waals surface area contributed by atoms with Crippen LogP contribution >= 0.6 is 15.9 Å². The Morgan fingerprint density at radius 3 is 2.81 bits per heavy atom. The van der Waals surface area contributed by atoms with Crippen LogP contribution in [0.4, 0.5) is 0 Å². The van der Waals surface area contributed by atoms with E-state index in [1.807, 2.05) is 18.2 Å². The molecular weight excluding hydrogens is 292 g/mol. The lowest BCUT2D eigenvalue weighted by molar-refractivity contribution is 0.591. The van der Waals surface area contributed by atoms with E-state index in [9.17, 15) is 8.42 Å². The van der Waals surface area contributed by atoms with Gasteiger partial charge in [-0.05, 0) is 28.1 Å². The highest BCUT2D eigenvalue weighted by molar-refractivity contribution is 9.10. The van der Waals surface area contributed by atoms with Crippen LogP contribution in [-0.4, -0.2) is 31.5 Å². The van der Waals surface area contributed by atoms with Crippen molar-refractivity contribution >= 4 is 25.8 Å². The van der Waals surface area contributed by atoms with Gasteiger partial charge >= 0.3 is 0 Å². The first-order chi connectivity index (χ1) is 7.53. The third-order valence-corrected chi connectivity index (χ3v) is 4.26. The van der Waals surface area contributed by atoms with Gasteiger partial charge in [-0.1, -0.05) is 13.0 Å². The fourth-order valence-corrected chi connectivity index (χ4v) is 2.26. The highest BCUT2D eigenvalue weighted by Gasteiger charge is 2.05. The van der Waals surface area contributed by atoms with Gasteiger partial charge in [0.1, 0.15) is 4.60 Å². The third kappa shape index (κ3) is 5.05. The minimum atomic E-state index is -2.87. The van der Waals surface area contributed by atoms with Crippen LogP contribution in [0, 0.1) is 0 Å². The van der Waals surface area contributed by atoms with Crippen molar-refractivity contribution in [3.05, 3.63) is 28.5 Å². The molecule has 0 atom stereocenters. The summed E-state index contributed by atoms with van der Waals surface area (Å²) < 4.78 is 23.2. The number of hydrogen-bond donors (Lipinski definition) is 1. The summed E-state index contributed by atoms with van der Waals surface area (Å²) in [5, 5.41) is 3.06. The van der Waals surface area contributed by atoms with Crippen LogP contribution in [0.2, 0.25) is 0 Å². The van der Waals surface area contributed by atoms with Gasteiger partial charge in [-0.3, -0.25) is 0 Å². The normalized spacial score (nSPS) is 11.6. The maximum atomic E-state index is 11.2. The number of nitrogens with zero attached hydrogens (tertiary/aromatic N) is 1. The molecule has 0 saturated heterocycles. The molecule has 0 unspecified atom stereocenters. The Kier molecular flexibility index (Phi) is 5.37. The molecule has 0 fully saturated rings. The Bertz CT molecular complexity index is 434. The molecule has 1 aromatic rings. The molecule has 0 aliphatic carbocycles. The Balaban J connectivity index is 2.32. The van der Waals surface area contributed by atoms with Crippen molar-refractivity contribution in [2.24, 2.45) is 0 Å². The Morgan fingerprint density at radius 1 is 1.44 bits per heavy atom. The Hall–Kier alpha value is -0.460. The lowest BCUT2D eigenvalue weighted by Crippen LogP contribution is -2.23. The molecule has 0 radical (unpaired) electrons. The van der Waals surface area contributed by atoms with Gasteiger partial charge in [-0.15, -0.1) is 0 Å². The molecule has 0 aliphatic rings. The Labute approximate surface area is 105 Å². The maximum Gasteiger partial charge on any atom is 0.151 e. The molecule has 1 heterocycles. The average Bonchev–Trinajstić information content (AvgIpc) is 2.25. The number of sulfone groups is 1. The van der Waals surface area contributed by atoms with Gasteiger partial charge < -0.3 is 5.32 Å². The van der Waals surface area contributed by atoms with Crippen molar-refractivity contribution in [1.82, 2.24) is 10.3 Å². The maximum absolute atomic E-state index is 11.2. The van der Waals surface area contributed by atoms with Gasteiger partial charge in [-0.2, -0.15) is 0 Å². The molecule has 1 N–H and O–H groups in total. The van der Waals surface area contributed by atoms with Crippen LogP contribution in [0.3, 0.4) is 0 Å². The van der Waals surface area contributed by atoms with E-state index in [2.05, 4.69) is 26.2 Å². The number of rotatable bonds is 6. The van der Waals surface area contributed by atoms with E-state index in [0.717, 1.165) is 10.3 Å². The fraction of sp³-hybridized carbons (Fsp3) is 0.500. The molecule has 0 aliphatic heterocycles. The van der Waals surface area contributed by atoms with E-state index in [0.29, 0.717) is 13.1 Å². The monoisotopic (exact) mass is 306 g/mol. The molecule has 6 heteroatoms. The predicted molar refractivity (Wildman–Crippen MR) is 68.0 cm³/mol. The van der Waals surface area contributed by atoms with E-state index in [-0.39, 0.29) is 11.5 Å². The number of pyridine rings is 1. The summed E-state index contributed by atoms with van der Waals surface area (Å²) in [5.74, 6) is 0.376. The van der Waals surface area contributed by atoms with Crippen LogP contribution in [-0.2, 0) is 16.4 Å². The molecule has 0 spiro atoms. The largest absolute Gasteiger partial charge is 0.310 e.